The fraction of sp³-hybridized carbons (Fsp3) is 0.364. The minimum absolute atomic E-state index is 0.0205. The quantitative estimate of drug-likeness (QED) is 0.789. The van der Waals surface area contributed by atoms with E-state index < -0.39 is 0 Å². The highest BCUT2D eigenvalue weighted by Crippen LogP contribution is 2.33. The lowest BCUT2D eigenvalue weighted by Gasteiger charge is -2.24. The third-order valence-electron chi connectivity index (χ3n) is 4.54. The van der Waals surface area contributed by atoms with Gasteiger partial charge in [0.05, 0.1) is 13.0 Å². The molecular formula is C22H26N2O2. The second-order valence-corrected chi connectivity index (χ2v) is 6.88. The Hall–Kier alpha value is -2.62. The molecule has 0 saturated heterocycles. The van der Waals surface area contributed by atoms with Crippen molar-refractivity contribution in [2.75, 3.05) is 11.4 Å². The smallest absolute Gasteiger partial charge is 0.230 e. The molecule has 4 heteroatoms. The fourth-order valence-corrected chi connectivity index (χ4v) is 2.96. The molecule has 1 N–H and O–H groups in total. The molecule has 26 heavy (non-hydrogen) atoms. The van der Waals surface area contributed by atoms with Crippen LogP contribution < -0.4 is 10.2 Å². The third kappa shape index (κ3) is 4.94. The Kier molecular flexibility index (Phi) is 6.05. The van der Waals surface area contributed by atoms with Gasteiger partial charge in [-0.15, -0.1) is 0 Å². The Morgan fingerprint density at radius 3 is 2.46 bits per heavy atom. The van der Waals surface area contributed by atoms with E-state index in [2.05, 4.69) is 5.32 Å². The molecule has 2 aromatic rings. The van der Waals surface area contributed by atoms with Crippen molar-refractivity contribution in [2.24, 2.45) is 5.92 Å². The largest absolute Gasteiger partial charge is 0.356 e. The average Bonchev–Trinajstić information content (AvgIpc) is 3.50. The first-order valence-corrected chi connectivity index (χ1v) is 9.38. The average molecular weight is 350 g/mol. The third-order valence-corrected chi connectivity index (χ3v) is 4.54. The molecule has 1 aliphatic carbocycles. The van der Waals surface area contributed by atoms with Crippen LogP contribution in [0, 0.1) is 5.92 Å². The highest BCUT2D eigenvalue weighted by atomic mass is 16.2. The van der Waals surface area contributed by atoms with Crippen molar-refractivity contribution < 1.29 is 9.59 Å². The second kappa shape index (κ2) is 8.65. The molecule has 1 saturated carbocycles. The summed E-state index contributed by atoms with van der Waals surface area (Å²) in [6, 6.07) is 17.8. The maximum absolute atomic E-state index is 12.8. The van der Waals surface area contributed by atoms with E-state index in [1.807, 2.05) is 66.4 Å². The van der Waals surface area contributed by atoms with Crippen molar-refractivity contribution in [3.63, 3.8) is 0 Å². The van der Waals surface area contributed by atoms with Crippen LogP contribution in [0.1, 0.15) is 37.3 Å². The van der Waals surface area contributed by atoms with Gasteiger partial charge in [0.25, 0.3) is 0 Å². The van der Waals surface area contributed by atoms with Crippen LogP contribution in [0.2, 0.25) is 0 Å². The zero-order valence-electron chi connectivity index (χ0n) is 15.3. The molecule has 1 fully saturated rings. The number of nitrogens with zero attached hydrogens (tertiary/aromatic N) is 1. The maximum Gasteiger partial charge on any atom is 0.230 e. The van der Waals surface area contributed by atoms with Crippen LogP contribution in [-0.4, -0.2) is 18.4 Å². The van der Waals surface area contributed by atoms with Crippen molar-refractivity contribution >= 4 is 17.5 Å². The number of amides is 2. The molecule has 136 valence electrons. The van der Waals surface area contributed by atoms with Gasteiger partial charge >= 0.3 is 0 Å². The summed E-state index contributed by atoms with van der Waals surface area (Å²) in [5.41, 5.74) is 2.90. The summed E-state index contributed by atoms with van der Waals surface area (Å²) in [7, 11) is 0. The van der Waals surface area contributed by atoms with Crippen LogP contribution >= 0.6 is 0 Å². The minimum Gasteiger partial charge on any atom is -0.356 e. The molecule has 0 heterocycles. The molecule has 0 aliphatic heterocycles. The molecule has 0 radical (unpaired) electrons. The summed E-state index contributed by atoms with van der Waals surface area (Å²) in [6.45, 7) is 3.28. The van der Waals surface area contributed by atoms with Gasteiger partial charge in [-0.05, 0) is 42.5 Å². The summed E-state index contributed by atoms with van der Waals surface area (Å²) in [5.74, 6) is 0.351. The van der Waals surface area contributed by atoms with E-state index in [1.54, 1.807) is 0 Å². The Morgan fingerprint density at radius 1 is 1.04 bits per heavy atom. The molecule has 0 aromatic heterocycles. The van der Waals surface area contributed by atoms with Gasteiger partial charge in [0, 0.05) is 18.2 Å². The molecule has 2 aromatic carbocycles. The normalized spacial score (nSPS) is 13.3. The molecular weight excluding hydrogens is 324 g/mol. The van der Waals surface area contributed by atoms with E-state index in [1.165, 1.54) is 0 Å². The molecule has 0 unspecified atom stereocenters. The molecule has 3 rings (SSSR count). The first-order chi connectivity index (χ1) is 12.7. The number of carbonyl (C=O) groups excluding carboxylic acids is 2. The number of hydrogen-bond acceptors (Lipinski definition) is 2. The maximum atomic E-state index is 12.8. The van der Waals surface area contributed by atoms with Crippen LogP contribution in [0.15, 0.2) is 54.6 Å². The number of rotatable bonds is 8. The van der Waals surface area contributed by atoms with Gasteiger partial charge in [-0.25, -0.2) is 0 Å². The lowest BCUT2D eigenvalue weighted by atomic mass is 10.1. The Morgan fingerprint density at radius 2 is 1.77 bits per heavy atom. The van der Waals surface area contributed by atoms with Gasteiger partial charge in [-0.1, -0.05) is 49.4 Å². The molecule has 4 nitrogen and oxygen atoms in total. The SMILES string of the molecule is CCCNC(=O)Cc1cccc(N(Cc2ccccc2)C(=O)C2CC2)c1. The van der Waals surface area contributed by atoms with Gasteiger partial charge in [0.2, 0.25) is 11.8 Å². The summed E-state index contributed by atoms with van der Waals surface area (Å²) in [4.78, 5) is 26.7. The van der Waals surface area contributed by atoms with Crippen molar-refractivity contribution in [2.45, 2.75) is 39.2 Å². The predicted molar refractivity (Wildman–Crippen MR) is 104 cm³/mol. The van der Waals surface area contributed by atoms with Crippen molar-refractivity contribution in [1.29, 1.82) is 0 Å². The Balaban J connectivity index is 1.78. The van der Waals surface area contributed by atoms with Crippen LogP contribution in [0.3, 0.4) is 0 Å². The molecule has 0 spiro atoms. The van der Waals surface area contributed by atoms with Crippen LogP contribution in [0.4, 0.5) is 5.69 Å². The zero-order valence-corrected chi connectivity index (χ0v) is 15.3. The van der Waals surface area contributed by atoms with Crippen LogP contribution in [-0.2, 0) is 22.6 Å². The Bertz CT molecular complexity index is 754. The number of hydrogen-bond donors (Lipinski definition) is 1. The van der Waals surface area contributed by atoms with Crippen molar-refractivity contribution in [1.82, 2.24) is 5.32 Å². The van der Waals surface area contributed by atoms with E-state index in [9.17, 15) is 9.59 Å². The standard InChI is InChI=1S/C22H26N2O2/c1-2-13-23-21(25)15-18-9-6-10-20(14-18)24(22(26)19-11-12-19)16-17-7-4-3-5-8-17/h3-10,14,19H,2,11-13,15-16H2,1H3,(H,23,25). The van der Waals surface area contributed by atoms with Crippen LogP contribution in [0.25, 0.3) is 0 Å². The summed E-state index contributed by atoms with van der Waals surface area (Å²) >= 11 is 0. The van der Waals surface area contributed by atoms with E-state index in [-0.39, 0.29) is 17.7 Å². The lowest BCUT2D eigenvalue weighted by molar-refractivity contribution is -0.120. The lowest BCUT2D eigenvalue weighted by Crippen LogP contribution is -2.32. The van der Waals surface area contributed by atoms with Gasteiger partial charge in [0.15, 0.2) is 0 Å². The number of carbonyl (C=O) groups is 2. The van der Waals surface area contributed by atoms with Gasteiger partial charge in [-0.2, -0.15) is 0 Å². The molecule has 2 amide bonds. The molecule has 0 atom stereocenters. The summed E-state index contributed by atoms with van der Waals surface area (Å²) in [5, 5.41) is 2.90. The van der Waals surface area contributed by atoms with Gasteiger partial charge in [0.1, 0.15) is 0 Å². The van der Waals surface area contributed by atoms with E-state index in [0.29, 0.717) is 19.5 Å². The molecule has 0 bridgehead atoms. The number of nitrogens with one attached hydrogen (secondary N) is 1. The number of anilines is 1. The van der Waals surface area contributed by atoms with Crippen molar-refractivity contribution in [3.05, 3.63) is 65.7 Å². The van der Waals surface area contributed by atoms with Gasteiger partial charge < -0.3 is 10.2 Å². The zero-order chi connectivity index (χ0) is 18.4. The van der Waals surface area contributed by atoms with Crippen molar-refractivity contribution in [3.8, 4) is 0 Å². The van der Waals surface area contributed by atoms with E-state index in [0.717, 1.165) is 36.1 Å². The first-order valence-electron chi connectivity index (χ1n) is 9.38. The topological polar surface area (TPSA) is 49.4 Å². The van der Waals surface area contributed by atoms with E-state index in [4.69, 9.17) is 0 Å². The Labute approximate surface area is 155 Å². The highest BCUT2D eigenvalue weighted by molar-refractivity contribution is 5.96. The van der Waals surface area contributed by atoms with Crippen LogP contribution in [0.5, 0.6) is 0 Å². The monoisotopic (exact) mass is 350 g/mol. The number of benzene rings is 2. The predicted octanol–water partition coefficient (Wildman–Crippen LogP) is 3.70. The second-order valence-electron chi connectivity index (χ2n) is 6.88. The fourth-order valence-electron chi connectivity index (χ4n) is 2.96. The highest BCUT2D eigenvalue weighted by Gasteiger charge is 2.34. The molecule has 1 aliphatic rings. The van der Waals surface area contributed by atoms with Gasteiger partial charge in [-0.3, -0.25) is 9.59 Å². The van der Waals surface area contributed by atoms with E-state index >= 15 is 0 Å². The minimum atomic E-state index is 0.0205. The summed E-state index contributed by atoms with van der Waals surface area (Å²) in [6.07, 6.45) is 3.21. The first kappa shape index (κ1) is 18.2. The summed E-state index contributed by atoms with van der Waals surface area (Å²) < 4.78 is 0.